The molecule has 4 rings (SSSR count). The van der Waals surface area contributed by atoms with Gasteiger partial charge in [0.15, 0.2) is 11.5 Å². The third kappa shape index (κ3) is 1.74. The summed E-state index contributed by atoms with van der Waals surface area (Å²) in [4.78, 5) is 0. The summed E-state index contributed by atoms with van der Waals surface area (Å²) < 4.78 is 22.6. The number of hydrogen-bond acceptors (Lipinski definition) is 4. The van der Waals surface area contributed by atoms with Gasteiger partial charge in [0, 0.05) is 10.8 Å². The summed E-state index contributed by atoms with van der Waals surface area (Å²) in [5.41, 5.74) is 0. The molecule has 0 unspecified atom stereocenters. The van der Waals surface area contributed by atoms with Gasteiger partial charge in [-0.05, 0) is 28.3 Å². The molecule has 0 radical (unpaired) electrons. The third-order valence-corrected chi connectivity index (χ3v) is 4.58. The highest BCUT2D eigenvalue weighted by Crippen LogP contribution is 2.53. The minimum Gasteiger partial charge on any atom is -0.496 e. The smallest absolute Gasteiger partial charge is 0.204 e. The van der Waals surface area contributed by atoms with E-state index in [4.69, 9.17) is 18.9 Å². The largest absolute Gasteiger partial charge is 0.496 e. The van der Waals surface area contributed by atoms with Gasteiger partial charge in [0.05, 0.1) is 33.8 Å². The van der Waals surface area contributed by atoms with Crippen LogP contribution in [-0.2, 0) is 0 Å². The number of hydrogen-bond donors (Lipinski definition) is 0. The van der Waals surface area contributed by atoms with E-state index in [9.17, 15) is 0 Å². The van der Waals surface area contributed by atoms with Crippen LogP contribution < -0.4 is 18.9 Å². The second-order valence-corrected chi connectivity index (χ2v) is 5.62. The summed E-state index contributed by atoms with van der Waals surface area (Å²) in [6, 6.07) is 12.5. The first kappa shape index (κ1) is 14.7. The highest BCUT2D eigenvalue weighted by Gasteiger charge is 2.24. The predicted octanol–water partition coefficient (Wildman–Crippen LogP) is 4.62. The zero-order valence-corrected chi connectivity index (χ0v) is 14.1. The first-order valence-electron chi connectivity index (χ1n) is 7.68. The van der Waals surface area contributed by atoms with Gasteiger partial charge in [-0.1, -0.05) is 24.3 Å². The molecule has 0 amide bonds. The first-order chi connectivity index (χ1) is 11.7. The Morgan fingerprint density at radius 2 is 1.29 bits per heavy atom. The average Bonchev–Trinajstić information content (AvgIpc) is 2.64. The quantitative estimate of drug-likeness (QED) is 0.514. The summed E-state index contributed by atoms with van der Waals surface area (Å²) in [7, 11) is 6.56. The van der Waals surface area contributed by atoms with Crippen molar-refractivity contribution in [3.05, 3.63) is 36.4 Å². The van der Waals surface area contributed by atoms with Crippen molar-refractivity contribution in [2.75, 3.05) is 28.4 Å². The summed E-state index contributed by atoms with van der Waals surface area (Å²) in [6.45, 7) is 0. The van der Waals surface area contributed by atoms with E-state index >= 15 is 0 Å². The second kappa shape index (κ2) is 5.34. The fourth-order valence-electron chi connectivity index (χ4n) is 3.62. The highest BCUT2D eigenvalue weighted by molar-refractivity contribution is 6.27. The van der Waals surface area contributed by atoms with Gasteiger partial charge < -0.3 is 18.9 Å². The Labute approximate surface area is 139 Å². The lowest BCUT2D eigenvalue weighted by molar-refractivity contribution is 0.328. The maximum atomic E-state index is 5.69. The molecule has 0 spiro atoms. The Bertz CT molecular complexity index is 1050. The van der Waals surface area contributed by atoms with Crippen LogP contribution in [0.1, 0.15) is 0 Å². The second-order valence-electron chi connectivity index (χ2n) is 5.62. The van der Waals surface area contributed by atoms with Crippen molar-refractivity contribution >= 4 is 32.3 Å². The molecule has 122 valence electrons. The van der Waals surface area contributed by atoms with Crippen molar-refractivity contribution in [2.24, 2.45) is 0 Å². The molecule has 0 fully saturated rings. The van der Waals surface area contributed by atoms with E-state index in [1.165, 1.54) is 10.8 Å². The van der Waals surface area contributed by atoms with Crippen LogP contribution in [0.2, 0.25) is 0 Å². The van der Waals surface area contributed by atoms with E-state index in [1.54, 1.807) is 28.4 Å². The molecule has 4 aromatic carbocycles. The Balaban J connectivity index is 2.40. The lowest BCUT2D eigenvalue weighted by Gasteiger charge is -2.21. The van der Waals surface area contributed by atoms with Crippen LogP contribution in [0.3, 0.4) is 0 Å². The number of rotatable bonds is 4. The van der Waals surface area contributed by atoms with Crippen LogP contribution in [0.25, 0.3) is 32.3 Å². The molecule has 0 bridgehead atoms. The SMILES string of the molecule is COc1c(OC)c2ccc3cccc4cc(OC)c(c1OC)c2c34. The molecule has 24 heavy (non-hydrogen) atoms. The maximum absolute atomic E-state index is 5.69. The van der Waals surface area contributed by atoms with Crippen LogP contribution >= 0.6 is 0 Å². The molecule has 0 aliphatic carbocycles. The fourth-order valence-corrected chi connectivity index (χ4v) is 3.62. The van der Waals surface area contributed by atoms with Gasteiger partial charge in [-0.2, -0.15) is 0 Å². The predicted molar refractivity (Wildman–Crippen MR) is 96.4 cm³/mol. The lowest BCUT2D eigenvalue weighted by atomic mass is 9.92. The van der Waals surface area contributed by atoms with Gasteiger partial charge in [-0.15, -0.1) is 0 Å². The Hall–Kier alpha value is -2.88. The van der Waals surface area contributed by atoms with E-state index in [-0.39, 0.29) is 0 Å². The highest BCUT2D eigenvalue weighted by atomic mass is 16.5. The summed E-state index contributed by atoms with van der Waals surface area (Å²) in [5, 5.41) is 6.41. The Kier molecular flexibility index (Phi) is 3.27. The molecule has 0 aromatic heterocycles. The van der Waals surface area contributed by atoms with Crippen molar-refractivity contribution in [3.63, 3.8) is 0 Å². The number of methoxy groups -OCH3 is 4. The minimum atomic E-state index is 0.573. The molecule has 0 N–H and O–H groups in total. The molecular weight excluding hydrogens is 304 g/mol. The molecule has 0 saturated heterocycles. The van der Waals surface area contributed by atoms with Crippen molar-refractivity contribution in [3.8, 4) is 23.0 Å². The molecule has 4 nitrogen and oxygen atoms in total. The summed E-state index contributed by atoms with van der Waals surface area (Å²) >= 11 is 0. The summed E-state index contributed by atoms with van der Waals surface area (Å²) in [6.07, 6.45) is 0. The van der Waals surface area contributed by atoms with E-state index in [0.29, 0.717) is 17.2 Å². The van der Waals surface area contributed by atoms with Gasteiger partial charge in [0.2, 0.25) is 5.75 Å². The van der Waals surface area contributed by atoms with E-state index < -0.39 is 0 Å². The monoisotopic (exact) mass is 322 g/mol. The normalized spacial score (nSPS) is 11.3. The van der Waals surface area contributed by atoms with E-state index in [2.05, 4.69) is 30.3 Å². The zero-order valence-electron chi connectivity index (χ0n) is 14.1. The van der Waals surface area contributed by atoms with Crippen LogP contribution in [0.15, 0.2) is 36.4 Å². The molecule has 0 aliphatic rings. The van der Waals surface area contributed by atoms with Crippen LogP contribution in [0.5, 0.6) is 23.0 Å². The number of ether oxygens (including phenoxy) is 4. The summed E-state index contributed by atoms with van der Waals surface area (Å²) in [5.74, 6) is 2.62. The fraction of sp³-hybridized carbons (Fsp3) is 0.200. The molecular formula is C20H18O4. The van der Waals surface area contributed by atoms with Gasteiger partial charge in [-0.25, -0.2) is 0 Å². The van der Waals surface area contributed by atoms with Crippen molar-refractivity contribution in [1.29, 1.82) is 0 Å². The van der Waals surface area contributed by atoms with E-state index in [1.807, 2.05) is 6.07 Å². The van der Waals surface area contributed by atoms with Crippen LogP contribution in [-0.4, -0.2) is 28.4 Å². The molecule has 4 heteroatoms. The molecule has 0 saturated carbocycles. The van der Waals surface area contributed by atoms with Gasteiger partial charge in [0.25, 0.3) is 0 Å². The molecule has 0 heterocycles. The number of benzene rings is 4. The molecule has 4 aromatic rings. The van der Waals surface area contributed by atoms with E-state index in [0.717, 1.165) is 27.3 Å². The Morgan fingerprint density at radius 1 is 0.583 bits per heavy atom. The first-order valence-corrected chi connectivity index (χ1v) is 7.68. The molecule has 0 aliphatic heterocycles. The standard InChI is InChI=1S/C20H18O4/c1-21-14-10-12-7-5-6-11-8-9-13-16(15(11)12)17(14)19(23-3)20(24-4)18(13)22-2/h5-10H,1-4H3. The van der Waals surface area contributed by atoms with Gasteiger partial charge in [-0.3, -0.25) is 0 Å². The Morgan fingerprint density at radius 3 is 1.96 bits per heavy atom. The minimum absolute atomic E-state index is 0.573. The van der Waals surface area contributed by atoms with Gasteiger partial charge in [0.1, 0.15) is 5.75 Å². The van der Waals surface area contributed by atoms with Crippen molar-refractivity contribution in [2.45, 2.75) is 0 Å². The van der Waals surface area contributed by atoms with Crippen molar-refractivity contribution in [1.82, 2.24) is 0 Å². The third-order valence-electron chi connectivity index (χ3n) is 4.58. The maximum Gasteiger partial charge on any atom is 0.204 e. The average molecular weight is 322 g/mol. The van der Waals surface area contributed by atoms with Crippen LogP contribution in [0.4, 0.5) is 0 Å². The lowest BCUT2D eigenvalue weighted by Crippen LogP contribution is -1.99. The van der Waals surface area contributed by atoms with Crippen molar-refractivity contribution < 1.29 is 18.9 Å². The zero-order chi connectivity index (χ0) is 16.8. The van der Waals surface area contributed by atoms with Crippen LogP contribution in [0, 0.1) is 0 Å². The topological polar surface area (TPSA) is 36.9 Å². The van der Waals surface area contributed by atoms with Gasteiger partial charge >= 0.3 is 0 Å². The molecule has 0 atom stereocenters.